The fourth-order valence-corrected chi connectivity index (χ4v) is 2.00. The van der Waals surface area contributed by atoms with E-state index in [-0.39, 0.29) is 6.54 Å². The summed E-state index contributed by atoms with van der Waals surface area (Å²) < 4.78 is 0. The summed E-state index contributed by atoms with van der Waals surface area (Å²) in [6.07, 6.45) is 3.18. The van der Waals surface area contributed by atoms with Gasteiger partial charge < -0.3 is 10.2 Å². The lowest BCUT2D eigenvalue weighted by Crippen LogP contribution is -2.42. The van der Waals surface area contributed by atoms with Crippen LogP contribution in [-0.4, -0.2) is 36.3 Å². The van der Waals surface area contributed by atoms with Crippen molar-refractivity contribution in [1.29, 1.82) is 5.26 Å². The van der Waals surface area contributed by atoms with Gasteiger partial charge >= 0.3 is 11.8 Å². The number of nitrogens with zero attached hydrogens (tertiary/aromatic N) is 2. The lowest BCUT2D eigenvalue weighted by Gasteiger charge is -2.15. The van der Waals surface area contributed by atoms with Crippen molar-refractivity contribution in [3.8, 4) is 6.07 Å². The number of likely N-dealkylation sites (tertiary alicyclic amines) is 1. The molecule has 0 bridgehead atoms. The Morgan fingerprint density at radius 3 is 2.94 bits per heavy atom. The van der Waals surface area contributed by atoms with Gasteiger partial charge in [-0.25, -0.2) is 0 Å². The van der Waals surface area contributed by atoms with Gasteiger partial charge in [0, 0.05) is 13.1 Å². The second-order valence-electron chi connectivity index (χ2n) is 4.04. The zero-order valence-electron chi connectivity index (χ0n) is 9.53. The molecule has 1 fully saturated rings. The van der Waals surface area contributed by atoms with Gasteiger partial charge in [0.25, 0.3) is 0 Å². The van der Waals surface area contributed by atoms with Crippen LogP contribution in [0, 0.1) is 17.2 Å². The summed E-state index contributed by atoms with van der Waals surface area (Å²) in [7, 11) is 0. The largest absolute Gasteiger partial charge is 0.335 e. The van der Waals surface area contributed by atoms with Crippen LogP contribution in [0.4, 0.5) is 0 Å². The zero-order valence-corrected chi connectivity index (χ0v) is 9.53. The predicted octanol–water partition coefficient (Wildman–Crippen LogP) is 0.275. The van der Waals surface area contributed by atoms with E-state index in [9.17, 15) is 9.59 Å². The van der Waals surface area contributed by atoms with E-state index in [2.05, 4.69) is 12.2 Å². The number of nitriles is 1. The molecule has 0 aromatic rings. The van der Waals surface area contributed by atoms with Crippen LogP contribution in [0.25, 0.3) is 0 Å². The summed E-state index contributed by atoms with van der Waals surface area (Å²) in [4.78, 5) is 24.5. The molecule has 1 aliphatic rings. The van der Waals surface area contributed by atoms with Gasteiger partial charge in [0.15, 0.2) is 0 Å². The summed E-state index contributed by atoms with van der Waals surface area (Å²) in [6.45, 7) is 3.33. The van der Waals surface area contributed by atoms with Crippen molar-refractivity contribution >= 4 is 11.8 Å². The molecular weight excluding hydrogens is 206 g/mol. The molecule has 2 amide bonds. The predicted molar refractivity (Wildman–Crippen MR) is 58.2 cm³/mol. The van der Waals surface area contributed by atoms with Gasteiger partial charge in [0.1, 0.15) is 6.54 Å². The number of carbonyl (C=O) groups is 2. The Balaban J connectivity index is 2.39. The molecular formula is C11H17N3O2. The Morgan fingerprint density at radius 1 is 1.56 bits per heavy atom. The van der Waals surface area contributed by atoms with Crippen molar-refractivity contribution in [2.45, 2.75) is 26.2 Å². The minimum Gasteiger partial charge on any atom is -0.335 e. The molecule has 5 nitrogen and oxygen atoms in total. The number of hydrogen-bond acceptors (Lipinski definition) is 3. The Bertz CT molecular complexity index is 309. The molecule has 1 saturated heterocycles. The van der Waals surface area contributed by atoms with Crippen LogP contribution in [-0.2, 0) is 9.59 Å². The van der Waals surface area contributed by atoms with Crippen LogP contribution < -0.4 is 5.32 Å². The van der Waals surface area contributed by atoms with Crippen LogP contribution in [0.2, 0.25) is 0 Å². The summed E-state index contributed by atoms with van der Waals surface area (Å²) in [5.74, 6) is -0.648. The molecule has 1 N–H and O–H groups in total. The standard InChI is InChI=1S/C11H17N3O2/c1-2-3-9-4-7-14(8-9)11(16)10(15)13-6-5-12/h9H,2-4,6-8H2,1H3,(H,13,15). The summed E-state index contributed by atoms with van der Waals surface area (Å²) in [5, 5.41) is 10.5. The average molecular weight is 223 g/mol. The van der Waals surface area contributed by atoms with Gasteiger partial charge in [-0.1, -0.05) is 13.3 Å². The lowest BCUT2D eigenvalue weighted by molar-refractivity contribution is -0.145. The lowest BCUT2D eigenvalue weighted by atomic mass is 10.0. The first kappa shape index (κ1) is 12.5. The van der Waals surface area contributed by atoms with Crippen molar-refractivity contribution < 1.29 is 9.59 Å². The maximum atomic E-state index is 11.6. The van der Waals surface area contributed by atoms with E-state index < -0.39 is 11.8 Å². The van der Waals surface area contributed by atoms with Crippen LogP contribution in [0.1, 0.15) is 26.2 Å². The number of nitrogens with one attached hydrogen (secondary N) is 1. The first-order chi connectivity index (χ1) is 7.69. The smallest absolute Gasteiger partial charge is 0.311 e. The maximum Gasteiger partial charge on any atom is 0.311 e. The highest BCUT2D eigenvalue weighted by molar-refractivity contribution is 6.35. The van der Waals surface area contributed by atoms with Gasteiger partial charge in [0.2, 0.25) is 0 Å². The van der Waals surface area contributed by atoms with E-state index in [1.165, 1.54) is 0 Å². The molecule has 0 aromatic heterocycles. The number of carbonyl (C=O) groups excluding carboxylic acids is 2. The van der Waals surface area contributed by atoms with Crippen LogP contribution in [0.3, 0.4) is 0 Å². The maximum absolute atomic E-state index is 11.6. The quantitative estimate of drug-likeness (QED) is 0.551. The fourth-order valence-electron chi connectivity index (χ4n) is 2.00. The van der Waals surface area contributed by atoms with Gasteiger partial charge in [-0.15, -0.1) is 0 Å². The highest BCUT2D eigenvalue weighted by Crippen LogP contribution is 2.20. The monoisotopic (exact) mass is 223 g/mol. The van der Waals surface area contributed by atoms with Crippen LogP contribution >= 0.6 is 0 Å². The third-order valence-corrected chi connectivity index (χ3v) is 2.79. The molecule has 0 saturated carbocycles. The van der Waals surface area contributed by atoms with Crippen molar-refractivity contribution in [3.63, 3.8) is 0 Å². The molecule has 0 spiro atoms. The Labute approximate surface area is 95.4 Å². The second kappa shape index (κ2) is 6.11. The molecule has 1 heterocycles. The minimum atomic E-state index is -0.668. The van der Waals surface area contributed by atoms with Crippen LogP contribution in [0.15, 0.2) is 0 Å². The zero-order chi connectivity index (χ0) is 12.0. The topological polar surface area (TPSA) is 73.2 Å². The van der Waals surface area contributed by atoms with E-state index in [1.807, 2.05) is 0 Å². The molecule has 1 unspecified atom stereocenters. The van der Waals surface area contributed by atoms with Gasteiger partial charge in [0.05, 0.1) is 6.07 Å². The Morgan fingerprint density at radius 2 is 2.31 bits per heavy atom. The van der Waals surface area contributed by atoms with Gasteiger partial charge in [-0.2, -0.15) is 5.26 Å². The molecule has 5 heteroatoms. The Hall–Kier alpha value is -1.57. The SMILES string of the molecule is CCCC1CCN(C(=O)C(=O)NCC#N)C1. The molecule has 0 radical (unpaired) electrons. The molecule has 0 aromatic carbocycles. The summed E-state index contributed by atoms with van der Waals surface area (Å²) in [5.41, 5.74) is 0. The molecule has 88 valence electrons. The van der Waals surface area contributed by atoms with Crippen LogP contribution in [0.5, 0.6) is 0 Å². The van der Waals surface area contributed by atoms with Crippen molar-refractivity contribution in [2.24, 2.45) is 5.92 Å². The average Bonchev–Trinajstić information content (AvgIpc) is 2.74. The van der Waals surface area contributed by atoms with E-state index in [1.54, 1.807) is 11.0 Å². The molecule has 1 aliphatic heterocycles. The molecule has 1 atom stereocenters. The summed E-state index contributed by atoms with van der Waals surface area (Å²) >= 11 is 0. The first-order valence-electron chi connectivity index (χ1n) is 5.63. The highest BCUT2D eigenvalue weighted by atomic mass is 16.2. The highest BCUT2D eigenvalue weighted by Gasteiger charge is 2.29. The van der Waals surface area contributed by atoms with Crippen molar-refractivity contribution in [2.75, 3.05) is 19.6 Å². The number of amides is 2. The minimum absolute atomic E-state index is 0.114. The van der Waals surface area contributed by atoms with Gasteiger partial charge in [-0.3, -0.25) is 9.59 Å². The third-order valence-electron chi connectivity index (χ3n) is 2.79. The van der Waals surface area contributed by atoms with E-state index in [4.69, 9.17) is 5.26 Å². The summed E-state index contributed by atoms with van der Waals surface area (Å²) in [6, 6.07) is 1.77. The Kier molecular flexibility index (Phi) is 4.77. The molecule has 16 heavy (non-hydrogen) atoms. The number of rotatable bonds is 3. The normalized spacial score (nSPS) is 19.2. The van der Waals surface area contributed by atoms with Crippen molar-refractivity contribution in [3.05, 3.63) is 0 Å². The first-order valence-corrected chi connectivity index (χ1v) is 5.63. The van der Waals surface area contributed by atoms with E-state index in [0.717, 1.165) is 19.3 Å². The van der Waals surface area contributed by atoms with E-state index in [0.29, 0.717) is 19.0 Å². The fraction of sp³-hybridized carbons (Fsp3) is 0.727. The number of hydrogen-bond donors (Lipinski definition) is 1. The van der Waals surface area contributed by atoms with Crippen molar-refractivity contribution in [1.82, 2.24) is 10.2 Å². The molecule has 0 aliphatic carbocycles. The van der Waals surface area contributed by atoms with E-state index >= 15 is 0 Å². The molecule has 1 rings (SSSR count). The third kappa shape index (κ3) is 3.23. The van der Waals surface area contributed by atoms with Gasteiger partial charge in [-0.05, 0) is 18.8 Å². The second-order valence-corrected chi connectivity index (χ2v) is 4.04.